The minimum atomic E-state index is -1.15. The molecule has 3 rings (SSSR count). The van der Waals surface area contributed by atoms with Crippen molar-refractivity contribution in [3.8, 4) is 0 Å². The minimum Gasteiger partial charge on any atom is -0.448 e. The highest BCUT2D eigenvalue weighted by Gasteiger charge is 2.70. The number of fused-ring (bicyclic) bond motifs is 3. The highest BCUT2D eigenvalue weighted by atomic mass is 16.6. The molecule has 1 fully saturated rings. The van der Waals surface area contributed by atoms with Crippen LogP contribution < -0.4 is 5.32 Å². The molecule has 0 bridgehead atoms. The van der Waals surface area contributed by atoms with Crippen molar-refractivity contribution in [2.45, 2.75) is 37.4 Å². The lowest BCUT2D eigenvalue weighted by Gasteiger charge is -2.60. The monoisotopic (exact) mass is 275 g/mol. The van der Waals surface area contributed by atoms with Crippen LogP contribution in [0.15, 0.2) is 24.3 Å². The normalized spacial score (nSPS) is 34.4. The number of benzene rings is 1. The van der Waals surface area contributed by atoms with Gasteiger partial charge in [0.25, 0.3) is 5.91 Å². The van der Waals surface area contributed by atoms with E-state index in [0.717, 1.165) is 11.3 Å². The van der Waals surface area contributed by atoms with E-state index in [1.165, 1.54) is 6.92 Å². The third kappa shape index (κ3) is 1.53. The van der Waals surface area contributed by atoms with E-state index in [1.807, 2.05) is 31.2 Å². The molecule has 1 aliphatic carbocycles. The van der Waals surface area contributed by atoms with Crippen LogP contribution in [0.5, 0.6) is 0 Å². The largest absolute Gasteiger partial charge is 0.448 e. The number of hydrogen-bond donors (Lipinski definition) is 1. The van der Waals surface area contributed by atoms with Crippen LogP contribution in [0.2, 0.25) is 0 Å². The van der Waals surface area contributed by atoms with Gasteiger partial charge in [0, 0.05) is 26.1 Å². The predicted octanol–water partition coefficient (Wildman–Crippen LogP) is 1.83. The van der Waals surface area contributed by atoms with E-state index in [1.54, 1.807) is 7.11 Å². The molecule has 1 N–H and O–H groups in total. The van der Waals surface area contributed by atoms with Gasteiger partial charge >= 0.3 is 5.97 Å². The summed E-state index contributed by atoms with van der Waals surface area (Å²) in [4.78, 5) is 23.8. The average Bonchev–Trinajstić information content (AvgIpc) is 2.38. The molecular weight excluding hydrogens is 258 g/mol. The van der Waals surface area contributed by atoms with Crippen LogP contribution in [0.25, 0.3) is 0 Å². The van der Waals surface area contributed by atoms with Gasteiger partial charge in [-0.1, -0.05) is 18.2 Å². The van der Waals surface area contributed by atoms with E-state index in [4.69, 9.17) is 9.47 Å². The maximum Gasteiger partial charge on any atom is 0.303 e. The van der Waals surface area contributed by atoms with Gasteiger partial charge in [-0.2, -0.15) is 0 Å². The molecule has 1 amide bonds. The highest BCUT2D eigenvalue weighted by molar-refractivity contribution is 6.04. The molecule has 1 aromatic rings. The lowest BCUT2D eigenvalue weighted by molar-refractivity contribution is -0.224. The lowest BCUT2D eigenvalue weighted by Crippen LogP contribution is -2.71. The second-order valence-corrected chi connectivity index (χ2v) is 5.65. The molecule has 1 heterocycles. The zero-order valence-corrected chi connectivity index (χ0v) is 11.7. The summed E-state index contributed by atoms with van der Waals surface area (Å²) in [6.45, 7) is 3.26. The number of para-hydroxylation sites is 1. The summed E-state index contributed by atoms with van der Waals surface area (Å²) in [7, 11) is 1.62. The van der Waals surface area contributed by atoms with Gasteiger partial charge in [0.1, 0.15) is 0 Å². The van der Waals surface area contributed by atoms with Crippen LogP contribution in [0.3, 0.4) is 0 Å². The first kappa shape index (κ1) is 13.1. The van der Waals surface area contributed by atoms with Gasteiger partial charge in [-0.15, -0.1) is 0 Å². The summed E-state index contributed by atoms with van der Waals surface area (Å²) >= 11 is 0. The van der Waals surface area contributed by atoms with Gasteiger partial charge in [0.15, 0.2) is 0 Å². The fourth-order valence-corrected chi connectivity index (χ4v) is 3.56. The molecule has 1 saturated carbocycles. The second kappa shape index (κ2) is 4.06. The molecule has 2 aliphatic rings. The Labute approximate surface area is 117 Å². The molecule has 0 unspecified atom stereocenters. The van der Waals surface area contributed by atoms with Crippen LogP contribution in [0.4, 0.5) is 5.69 Å². The first-order valence-electron chi connectivity index (χ1n) is 6.58. The molecule has 3 atom stereocenters. The van der Waals surface area contributed by atoms with Crippen molar-refractivity contribution in [1.29, 1.82) is 0 Å². The Morgan fingerprint density at radius 2 is 2.10 bits per heavy atom. The quantitative estimate of drug-likeness (QED) is 0.836. The molecule has 0 radical (unpaired) electrons. The van der Waals surface area contributed by atoms with Crippen LogP contribution in [-0.4, -0.2) is 30.2 Å². The van der Waals surface area contributed by atoms with Crippen LogP contribution in [0.1, 0.15) is 31.7 Å². The summed E-state index contributed by atoms with van der Waals surface area (Å²) in [5.74, 6) is -1.01. The van der Waals surface area contributed by atoms with Crippen LogP contribution >= 0.6 is 0 Å². The van der Waals surface area contributed by atoms with Crippen LogP contribution in [0, 0.1) is 0 Å². The maximum absolute atomic E-state index is 12.4. The molecule has 1 aliphatic heterocycles. The fourth-order valence-electron chi connectivity index (χ4n) is 3.56. The number of rotatable bonds is 2. The van der Waals surface area contributed by atoms with E-state index < -0.39 is 17.2 Å². The number of carbonyl (C=O) groups excluding carboxylic acids is 2. The topological polar surface area (TPSA) is 64.6 Å². The van der Waals surface area contributed by atoms with Gasteiger partial charge in [-0.3, -0.25) is 9.59 Å². The van der Waals surface area contributed by atoms with Gasteiger partial charge in [0.05, 0.1) is 11.5 Å². The maximum atomic E-state index is 12.4. The van der Waals surface area contributed by atoms with E-state index in [-0.39, 0.29) is 11.8 Å². The number of esters is 1. The molecule has 5 heteroatoms. The second-order valence-electron chi connectivity index (χ2n) is 5.65. The van der Waals surface area contributed by atoms with Gasteiger partial charge in [-0.05, 0) is 18.6 Å². The van der Waals surface area contributed by atoms with E-state index >= 15 is 0 Å². The van der Waals surface area contributed by atoms with E-state index in [2.05, 4.69) is 5.32 Å². The van der Waals surface area contributed by atoms with Crippen molar-refractivity contribution in [3.63, 3.8) is 0 Å². The first-order valence-corrected chi connectivity index (χ1v) is 6.58. The molecule has 5 nitrogen and oxygen atoms in total. The third-order valence-corrected chi connectivity index (χ3v) is 4.39. The molecule has 20 heavy (non-hydrogen) atoms. The number of methoxy groups -OCH3 is 1. The fraction of sp³-hybridized carbons (Fsp3) is 0.467. The smallest absolute Gasteiger partial charge is 0.303 e. The van der Waals surface area contributed by atoms with Gasteiger partial charge in [-0.25, -0.2) is 0 Å². The SMILES string of the molecule is CO[C@]1(C)C[C@]2(OC(C)=O)C(=O)Nc3ccccc3[C@H]12. The molecule has 0 saturated heterocycles. The van der Waals surface area contributed by atoms with Crippen molar-refractivity contribution in [3.05, 3.63) is 29.8 Å². The summed E-state index contributed by atoms with van der Waals surface area (Å²) in [6.07, 6.45) is 0.362. The molecule has 1 aromatic carbocycles. The van der Waals surface area contributed by atoms with Gasteiger partial charge < -0.3 is 14.8 Å². The first-order chi connectivity index (χ1) is 9.43. The van der Waals surface area contributed by atoms with Gasteiger partial charge in [0.2, 0.25) is 5.60 Å². The Bertz CT molecular complexity index is 599. The Morgan fingerprint density at radius 1 is 1.40 bits per heavy atom. The van der Waals surface area contributed by atoms with E-state index in [0.29, 0.717) is 6.42 Å². The average molecular weight is 275 g/mol. The Morgan fingerprint density at radius 3 is 2.75 bits per heavy atom. The summed E-state index contributed by atoms with van der Waals surface area (Å²) < 4.78 is 11.0. The van der Waals surface area contributed by atoms with Crippen LogP contribution in [-0.2, 0) is 19.1 Å². The Kier molecular flexibility index (Phi) is 2.66. The summed E-state index contributed by atoms with van der Waals surface area (Å²) in [5.41, 5.74) is 0.0473. The zero-order chi connectivity index (χ0) is 14.5. The summed E-state index contributed by atoms with van der Waals surface area (Å²) in [5, 5.41) is 2.83. The van der Waals surface area contributed by atoms with Crippen molar-refractivity contribution < 1.29 is 19.1 Å². The highest BCUT2D eigenvalue weighted by Crippen LogP contribution is 2.60. The predicted molar refractivity (Wildman–Crippen MR) is 72.3 cm³/mol. The standard InChI is InChI=1S/C15H17NO4/c1-9(17)20-15-8-14(2,19-3)12(15)10-6-4-5-7-11(10)16-13(15)18/h4-7,12H,8H2,1-3H3,(H,16,18)/t12-,14-,15-/m1/s1. The van der Waals surface area contributed by atoms with Crippen molar-refractivity contribution in [1.82, 2.24) is 0 Å². The van der Waals surface area contributed by atoms with E-state index in [9.17, 15) is 9.59 Å². The zero-order valence-electron chi connectivity index (χ0n) is 11.7. The van der Waals surface area contributed by atoms with Crippen molar-refractivity contribution in [2.75, 3.05) is 12.4 Å². The minimum absolute atomic E-state index is 0.272. The third-order valence-electron chi connectivity index (χ3n) is 4.39. The number of hydrogen-bond acceptors (Lipinski definition) is 4. The Balaban J connectivity index is 2.13. The van der Waals surface area contributed by atoms with Crippen molar-refractivity contribution in [2.24, 2.45) is 0 Å². The number of amides is 1. The number of ether oxygens (including phenoxy) is 2. The van der Waals surface area contributed by atoms with Crippen molar-refractivity contribution >= 4 is 17.6 Å². The molecule has 0 spiro atoms. The number of carbonyl (C=O) groups is 2. The Hall–Kier alpha value is -1.88. The summed E-state index contributed by atoms with van der Waals surface area (Å²) in [6, 6.07) is 7.55. The molecular formula is C15H17NO4. The number of nitrogens with one attached hydrogen (secondary N) is 1. The molecule has 106 valence electrons. The molecule has 0 aromatic heterocycles. The lowest BCUT2D eigenvalue weighted by atomic mass is 9.54. The number of anilines is 1.